The summed E-state index contributed by atoms with van der Waals surface area (Å²) in [4.78, 5) is 30.1. The van der Waals surface area contributed by atoms with Crippen molar-refractivity contribution in [3.05, 3.63) is 56.2 Å². The van der Waals surface area contributed by atoms with Crippen molar-refractivity contribution < 1.29 is 9.59 Å². The third-order valence-corrected chi connectivity index (χ3v) is 6.30. The lowest BCUT2D eigenvalue weighted by atomic mass is 10.1. The van der Waals surface area contributed by atoms with Crippen LogP contribution in [0.2, 0.25) is 0 Å². The SMILES string of the molecule is Cc1cccc(C(=O)N2CCCN(C(=O)NCCc3ccc(Br)s3)CC2)c1. The number of benzene rings is 1. The van der Waals surface area contributed by atoms with Gasteiger partial charge in [-0.2, -0.15) is 0 Å². The zero-order chi connectivity index (χ0) is 19.2. The maximum absolute atomic E-state index is 12.7. The Morgan fingerprint density at radius 1 is 1.11 bits per heavy atom. The average molecular weight is 450 g/mol. The van der Waals surface area contributed by atoms with Crippen LogP contribution in [0.4, 0.5) is 4.79 Å². The van der Waals surface area contributed by atoms with E-state index in [-0.39, 0.29) is 11.9 Å². The summed E-state index contributed by atoms with van der Waals surface area (Å²) in [5, 5.41) is 3.00. The quantitative estimate of drug-likeness (QED) is 0.768. The molecular formula is C20H24BrN3O2S. The van der Waals surface area contributed by atoms with Gasteiger partial charge in [0.15, 0.2) is 0 Å². The van der Waals surface area contributed by atoms with Crippen molar-refractivity contribution in [1.29, 1.82) is 0 Å². The molecule has 5 nitrogen and oxygen atoms in total. The van der Waals surface area contributed by atoms with Crippen LogP contribution >= 0.6 is 27.3 Å². The standard InChI is InChI=1S/C20H24BrN3O2S/c1-15-4-2-5-16(14-15)19(25)23-10-3-11-24(13-12-23)20(26)22-9-8-17-6-7-18(21)27-17/h2,4-7,14H,3,8-13H2,1H3,(H,22,26). The van der Waals surface area contributed by atoms with Crippen molar-refractivity contribution in [2.24, 2.45) is 0 Å². The van der Waals surface area contributed by atoms with Gasteiger partial charge in [-0.1, -0.05) is 17.7 Å². The lowest BCUT2D eigenvalue weighted by Crippen LogP contribution is -2.43. The highest BCUT2D eigenvalue weighted by Gasteiger charge is 2.22. The first kappa shape index (κ1) is 19.9. The van der Waals surface area contributed by atoms with E-state index < -0.39 is 0 Å². The van der Waals surface area contributed by atoms with Crippen LogP contribution in [0.25, 0.3) is 0 Å². The molecule has 7 heteroatoms. The van der Waals surface area contributed by atoms with Crippen LogP contribution in [0.1, 0.15) is 27.2 Å². The van der Waals surface area contributed by atoms with Crippen molar-refractivity contribution >= 4 is 39.2 Å². The number of thiophene rings is 1. The topological polar surface area (TPSA) is 52.7 Å². The molecule has 1 aromatic carbocycles. The first-order chi connectivity index (χ1) is 13.0. The molecule has 3 amide bonds. The second-order valence-corrected chi connectivity index (χ2v) is 9.24. The minimum atomic E-state index is -0.0459. The normalized spacial score (nSPS) is 14.7. The molecule has 1 saturated heterocycles. The van der Waals surface area contributed by atoms with Crippen LogP contribution in [0, 0.1) is 6.92 Å². The largest absolute Gasteiger partial charge is 0.338 e. The molecule has 1 fully saturated rings. The molecule has 0 saturated carbocycles. The molecule has 0 unspecified atom stereocenters. The van der Waals surface area contributed by atoms with Crippen LogP contribution in [0.15, 0.2) is 40.2 Å². The Labute approximate surface area is 172 Å². The van der Waals surface area contributed by atoms with E-state index in [1.54, 1.807) is 11.3 Å². The zero-order valence-corrected chi connectivity index (χ0v) is 17.8. The van der Waals surface area contributed by atoms with Gasteiger partial charge < -0.3 is 15.1 Å². The second kappa shape index (κ2) is 9.37. The van der Waals surface area contributed by atoms with Gasteiger partial charge in [0, 0.05) is 43.2 Å². The Hall–Kier alpha value is -1.86. The van der Waals surface area contributed by atoms with Gasteiger partial charge in [-0.25, -0.2) is 4.79 Å². The van der Waals surface area contributed by atoms with Crippen molar-refractivity contribution in [2.75, 3.05) is 32.7 Å². The van der Waals surface area contributed by atoms with Crippen molar-refractivity contribution in [3.63, 3.8) is 0 Å². The fourth-order valence-corrected chi connectivity index (χ4v) is 4.66. The van der Waals surface area contributed by atoms with Crippen molar-refractivity contribution in [3.8, 4) is 0 Å². The van der Waals surface area contributed by atoms with Crippen LogP contribution in [0.3, 0.4) is 0 Å². The number of nitrogens with one attached hydrogen (secondary N) is 1. The maximum Gasteiger partial charge on any atom is 0.317 e. The van der Waals surface area contributed by atoms with E-state index in [0.717, 1.165) is 27.8 Å². The summed E-state index contributed by atoms with van der Waals surface area (Å²) in [5.41, 5.74) is 1.80. The molecule has 0 bridgehead atoms. The van der Waals surface area contributed by atoms with Gasteiger partial charge in [-0.15, -0.1) is 11.3 Å². The molecule has 2 heterocycles. The number of nitrogens with zero attached hydrogens (tertiary/aromatic N) is 2. The Morgan fingerprint density at radius 3 is 2.63 bits per heavy atom. The van der Waals surface area contributed by atoms with E-state index in [1.807, 2.05) is 47.1 Å². The van der Waals surface area contributed by atoms with Crippen LogP contribution < -0.4 is 5.32 Å². The smallest absolute Gasteiger partial charge is 0.317 e. The molecule has 1 N–H and O–H groups in total. The summed E-state index contributed by atoms with van der Waals surface area (Å²) in [6.07, 6.45) is 1.62. The number of halogens is 1. The highest BCUT2D eigenvalue weighted by molar-refractivity contribution is 9.11. The highest BCUT2D eigenvalue weighted by atomic mass is 79.9. The van der Waals surface area contributed by atoms with Gasteiger partial charge >= 0.3 is 6.03 Å². The Morgan fingerprint density at radius 2 is 1.89 bits per heavy atom. The van der Waals surface area contributed by atoms with Gasteiger partial charge in [-0.05, 0) is 60.0 Å². The minimum absolute atomic E-state index is 0.0456. The number of urea groups is 1. The van der Waals surface area contributed by atoms with Crippen LogP contribution in [-0.4, -0.2) is 54.5 Å². The van der Waals surface area contributed by atoms with E-state index >= 15 is 0 Å². The van der Waals surface area contributed by atoms with Gasteiger partial charge in [0.25, 0.3) is 5.91 Å². The number of carbonyl (C=O) groups is 2. The monoisotopic (exact) mass is 449 g/mol. The summed E-state index contributed by atoms with van der Waals surface area (Å²) in [5.74, 6) is 0.0456. The Bertz CT molecular complexity index is 808. The van der Waals surface area contributed by atoms with E-state index in [2.05, 4.69) is 27.3 Å². The van der Waals surface area contributed by atoms with Gasteiger partial charge in [0.2, 0.25) is 0 Å². The summed E-state index contributed by atoms with van der Waals surface area (Å²) in [7, 11) is 0. The molecule has 0 atom stereocenters. The molecule has 0 radical (unpaired) electrons. The molecule has 3 rings (SSSR count). The van der Waals surface area contributed by atoms with E-state index in [4.69, 9.17) is 0 Å². The van der Waals surface area contributed by atoms with Crippen molar-refractivity contribution in [2.45, 2.75) is 19.8 Å². The third kappa shape index (κ3) is 5.56. The molecule has 1 aliphatic rings. The van der Waals surface area contributed by atoms with E-state index in [9.17, 15) is 9.59 Å². The molecular weight excluding hydrogens is 426 g/mol. The highest BCUT2D eigenvalue weighted by Crippen LogP contribution is 2.22. The lowest BCUT2D eigenvalue weighted by molar-refractivity contribution is 0.0762. The minimum Gasteiger partial charge on any atom is -0.338 e. The van der Waals surface area contributed by atoms with Crippen molar-refractivity contribution in [1.82, 2.24) is 15.1 Å². The second-order valence-electron chi connectivity index (χ2n) is 6.69. The van der Waals surface area contributed by atoms with Gasteiger partial charge in [0.05, 0.1) is 3.79 Å². The zero-order valence-electron chi connectivity index (χ0n) is 15.4. The van der Waals surface area contributed by atoms with E-state index in [1.165, 1.54) is 4.88 Å². The molecule has 2 aromatic rings. The fourth-order valence-electron chi connectivity index (χ4n) is 3.17. The van der Waals surface area contributed by atoms with Gasteiger partial charge in [-0.3, -0.25) is 4.79 Å². The molecule has 1 aromatic heterocycles. The molecule has 0 spiro atoms. The Balaban J connectivity index is 1.48. The number of hydrogen-bond donors (Lipinski definition) is 1. The molecule has 0 aliphatic carbocycles. The third-order valence-electron chi connectivity index (χ3n) is 4.61. The summed E-state index contributed by atoms with van der Waals surface area (Å²) < 4.78 is 1.11. The number of amides is 3. The molecule has 1 aliphatic heterocycles. The summed E-state index contributed by atoms with van der Waals surface area (Å²) in [6.45, 7) is 5.09. The maximum atomic E-state index is 12.7. The predicted molar refractivity (Wildman–Crippen MR) is 112 cm³/mol. The lowest BCUT2D eigenvalue weighted by Gasteiger charge is -2.22. The first-order valence-electron chi connectivity index (χ1n) is 9.16. The first-order valence-corrected chi connectivity index (χ1v) is 10.8. The van der Waals surface area contributed by atoms with E-state index in [0.29, 0.717) is 32.7 Å². The average Bonchev–Trinajstić information content (AvgIpc) is 2.92. The van der Waals surface area contributed by atoms with Gasteiger partial charge in [0.1, 0.15) is 0 Å². The fraction of sp³-hybridized carbons (Fsp3) is 0.400. The number of rotatable bonds is 4. The Kier molecular flexibility index (Phi) is 6.90. The summed E-state index contributed by atoms with van der Waals surface area (Å²) in [6, 6.07) is 11.7. The number of aryl methyl sites for hydroxylation is 1. The molecule has 144 valence electrons. The molecule has 27 heavy (non-hydrogen) atoms. The van der Waals surface area contributed by atoms with Crippen LogP contribution in [0.5, 0.6) is 0 Å². The predicted octanol–water partition coefficient (Wildman–Crippen LogP) is 3.92. The number of carbonyl (C=O) groups excluding carboxylic acids is 2. The van der Waals surface area contributed by atoms with Crippen LogP contribution in [-0.2, 0) is 6.42 Å². The summed E-state index contributed by atoms with van der Waals surface area (Å²) >= 11 is 5.14. The number of hydrogen-bond acceptors (Lipinski definition) is 3.